The van der Waals surface area contributed by atoms with Crippen molar-refractivity contribution in [1.82, 2.24) is 5.43 Å². The van der Waals surface area contributed by atoms with E-state index in [4.69, 9.17) is 5.73 Å². The van der Waals surface area contributed by atoms with E-state index in [0.717, 1.165) is 12.3 Å². The molecular formula is C12H21N3O. The molecule has 2 aliphatic carbocycles. The summed E-state index contributed by atoms with van der Waals surface area (Å²) in [6.45, 7) is 0. The van der Waals surface area contributed by atoms with Gasteiger partial charge in [0.25, 0.3) is 0 Å². The number of urea groups is 1. The first-order chi connectivity index (χ1) is 7.77. The number of rotatable bonds is 1. The van der Waals surface area contributed by atoms with Gasteiger partial charge >= 0.3 is 6.03 Å². The molecular weight excluding hydrogens is 202 g/mol. The normalized spacial score (nSPS) is 32.9. The molecule has 0 aromatic rings. The first kappa shape index (κ1) is 11.4. The fourth-order valence-corrected chi connectivity index (χ4v) is 2.67. The van der Waals surface area contributed by atoms with Crippen LogP contribution in [-0.4, -0.2) is 11.7 Å². The molecule has 2 atom stereocenters. The quantitative estimate of drug-likeness (QED) is 0.658. The SMILES string of the molecule is NC(=O)N/N=C1\CCCCCCCC2CC12. The Morgan fingerprint density at radius 2 is 2.00 bits per heavy atom. The molecule has 0 heterocycles. The van der Waals surface area contributed by atoms with Crippen LogP contribution in [0.2, 0.25) is 0 Å². The van der Waals surface area contributed by atoms with Crippen molar-refractivity contribution in [3.05, 3.63) is 0 Å². The smallest absolute Gasteiger partial charge is 0.332 e. The van der Waals surface area contributed by atoms with Crippen LogP contribution < -0.4 is 11.2 Å². The third kappa shape index (κ3) is 3.22. The summed E-state index contributed by atoms with van der Waals surface area (Å²) in [4.78, 5) is 10.6. The standard InChI is InChI=1S/C12H21N3O/c13-12(16)15-14-11-7-5-3-1-2-4-6-9-8-10(9)11/h9-10H,1-8H2,(H3,13,15,16)/b14-11+. The molecule has 2 fully saturated rings. The highest BCUT2D eigenvalue weighted by molar-refractivity contribution is 5.90. The molecule has 0 aromatic heterocycles. The third-order valence-electron chi connectivity index (χ3n) is 3.67. The van der Waals surface area contributed by atoms with Crippen LogP contribution in [0.3, 0.4) is 0 Å². The molecule has 0 bridgehead atoms. The monoisotopic (exact) mass is 223 g/mol. The van der Waals surface area contributed by atoms with Crippen molar-refractivity contribution in [2.45, 2.75) is 51.4 Å². The van der Waals surface area contributed by atoms with E-state index in [-0.39, 0.29) is 0 Å². The highest BCUT2D eigenvalue weighted by Crippen LogP contribution is 2.45. The van der Waals surface area contributed by atoms with Gasteiger partial charge in [-0.1, -0.05) is 25.7 Å². The Labute approximate surface area is 96.7 Å². The lowest BCUT2D eigenvalue weighted by molar-refractivity contribution is 0.249. The van der Waals surface area contributed by atoms with Crippen molar-refractivity contribution in [2.24, 2.45) is 22.7 Å². The molecule has 90 valence electrons. The van der Waals surface area contributed by atoms with Gasteiger partial charge in [0, 0.05) is 11.6 Å². The topological polar surface area (TPSA) is 67.5 Å². The average molecular weight is 223 g/mol. The van der Waals surface area contributed by atoms with Gasteiger partial charge in [0.05, 0.1) is 0 Å². The molecule has 2 rings (SSSR count). The van der Waals surface area contributed by atoms with Gasteiger partial charge in [0.15, 0.2) is 0 Å². The number of carbonyl (C=O) groups excluding carboxylic acids is 1. The number of primary amides is 1. The van der Waals surface area contributed by atoms with Crippen LogP contribution >= 0.6 is 0 Å². The average Bonchev–Trinajstić information content (AvgIpc) is 3.01. The van der Waals surface area contributed by atoms with Gasteiger partial charge in [0.1, 0.15) is 0 Å². The Balaban J connectivity index is 1.92. The molecule has 2 aliphatic rings. The molecule has 0 radical (unpaired) electrons. The van der Waals surface area contributed by atoms with Crippen molar-refractivity contribution in [3.8, 4) is 0 Å². The number of hydrogen-bond donors (Lipinski definition) is 2. The number of nitrogens with two attached hydrogens (primary N) is 1. The summed E-state index contributed by atoms with van der Waals surface area (Å²) in [6, 6.07) is -0.554. The molecule has 4 heteroatoms. The Bertz CT molecular complexity index is 288. The summed E-state index contributed by atoms with van der Waals surface area (Å²) in [7, 11) is 0. The number of carbonyl (C=O) groups is 1. The predicted molar refractivity (Wildman–Crippen MR) is 64.1 cm³/mol. The molecule has 3 N–H and O–H groups in total. The van der Waals surface area contributed by atoms with Gasteiger partial charge in [0.2, 0.25) is 0 Å². The molecule has 0 aromatic carbocycles. The van der Waals surface area contributed by atoms with Gasteiger partial charge in [-0.25, -0.2) is 10.2 Å². The third-order valence-corrected chi connectivity index (χ3v) is 3.67. The lowest BCUT2D eigenvalue weighted by Gasteiger charge is -2.09. The molecule has 2 amide bonds. The minimum absolute atomic E-state index is 0.554. The van der Waals surface area contributed by atoms with E-state index in [1.54, 1.807) is 0 Å². The van der Waals surface area contributed by atoms with Crippen LogP contribution in [0, 0.1) is 11.8 Å². The zero-order valence-electron chi connectivity index (χ0n) is 9.74. The summed E-state index contributed by atoms with van der Waals surface area (Å²) >= 11 is 0. The Morgan fingerprint density at radius 1 is 1.25 bits per heavy atom. The van der Waals surface area contributed by atoms with Gasteiger partial charge in [-0.15, -0.1) is 0 Å². The Hall–Kier alpha value is -1.06. The molecule has 0 saturated heterocycles. The van der Waals surface area contributed by atoms with E-state index in [9.17, 15) is 4.79 Å². The minimum atomic E-state index is -0.554. The van der Waals surface area contributed by atoms with Crippen LogP contribution in [0.25, 0.3) is 0 Å². The highest BCUT2D eigenvalue weighted by Gasteiger charge is 2.40. The molecule has 0 aliphatic heterocycles. The maximum absolute atomic E-state index is 10.6. The highest BCUT2D eigenvalue weighted by atomic mass is 16.2. The van der Waals surface area contributed by atoms with E-state index >= 15 is 0 Å². The first-order valence-corrected chi connectivity index (χ1v) is 6.39. The molecule has 16 heavy (non-hydrogen) atoms. The number of nitrogens with zero attached hydrogens (tertiary/aromatic N) is 1. The van der Waals surface area contributed by atoms with Gasteiger partial charge < -0.3 is 5.73 Å². The second kappa shape index (κ2) is 5.32. The summed E-state index contributed by atoms with van der Waals surface area (Å²) < 4.78 is 0. The Kier molecular flexibility index (Phi) is 3.80. The Morgan fingerprint density at radius 3 is 2.81 bits per heavy atom. The molecule has 2 saturated carbocycles. The zero-order chi connectivity index (χ0) is 11.4. The number of hydrogen-bond acceptors (Lipinski definition) is 2. The number of hydrazone groups is 1. The van der Waals surface area contributed by atoms with E-state index in [1.807, 2.05) is 0 Å². The van der Waals surface area contributed by atoms with Crippen LogP contribution in [0.15, 0.2) is 5.10 Å². The van der Waals surface area contributed by atoms with E-state index in [1.165, 1.54) is 50.7 Å². The maximum atomic E-state index is 10.6. The fraction of sp³-hybridized carbons (Fsp3) is 0.833. The van der Waals surface area contributed by atoms with Gasteiger partial charge in [-0.05, 0) is 31.6 Å². The number of fused-ring (bicyclic) bond motifs is 1. The van der Waals surface area contributed by atoms with E-state index in [2.05, 4.69) is 10.5 Å². The first-order valence-electron chi connectivity index (χ1n) is 6.39. The molecule has 0 spiro atoms. The van der Waals surface area contributed by atoms with Crippen LogP contribution in [0.1, 0.15) is 51.4 Å². The van der Waals surface area contributed by atoms with Crippen molar-refractivity contribution in [1.29, 1.82) is 0 Å². The molecule has 4 nitrogen and oxygen atoms in total. The van der Waals surface area contributed by atoms with Crippen molar-refractivity contribution >= 4 is 11.7 Å². The fourth-order valence-electron chi connectivity index (χ4n) is 2.67. The van der Waals surface area contributed by atoms with Crippen LogP contribution in [0.5, 0.6) is 0 Å². The van der Waals surface area contributed by atoms with Crippen molar-refractivity contribution in [3.63, 3.8) is 0 Å². The largest absolute Gasteiger partial charge is 0.350 e. The summed E-state index contributed by atoms with van der Waals surface area (Å²) in [5.41, 5.74) is 8.59. The summed E-state index contributed by atoms with van der Waals surface area (Å²) in [6.07, 6.45) is 10.2. The van der Waals surface area contributed by atoms with Gasteiger partial charge in [-0.2, -0.15) is 5.10 Å². The summed E-state index contributed by atoms with van der Waals surface area (Å²) in [5.74, 6) is 1.46. The van der Waals surface area contributed by atoms with Crippen molar-refractivity contribution in [2.75, 3.05) is 0 Å². The lowest BCUT2D eigenvalue weighted by atomic mass is 10.00. The minimum Gasteiger partial charge on any atom is -0.350 e. The van der Waals surface area contributed by atoms with E-state index in [0.29, 0.717) is 5.92 Å². The summed E-state index contributed by atoms with van der Waals surface area (Å²) in [5, 5.41) is 4.17. The van der Waals surface area contributed by atoms with E-state index < -0.39 is 6.03 Å². The van der Waals surface area contributed by atoms with Gasteiger partial charge in [-0.3, -0.25) is 0 Å². The second-order valence-corrected chi connectivity index (χ2v) is 4.99. The predicted octanol–water partition coefficient (Wildman–Crippen LogP) is 2.39. The van der Waals surface area contributed by atoms with Crippen molar-refractivity contribution < 1.29 is 4.79 Å². The number of amides is 2. The number of nitrogens with one attached hydrogen (secondary N) is 1. The molecule has 2 unspecified atom stereocenters. The maximum Gasteiger partial charge on any atom is 0.332 e. The lowest BCUT2D eigenvalue weighted by Crippen LogP contribution is -2.26. The zero-order valence-corrected chi connectivity index (χ0v) is 9.74. The van der Waals surface area contributed by atoms with Crippen LogP contribution in [-0.2, 0) is 0 Å². The second-order valence-electron chi connectivity index (χ2n) is 4.99. The van der Waals surface area contributed by atoms with Crippen LogP contribution in [0.4, 0.5) is 4.79 Å².